The maximum atomic E-state index is 13.3. The number of fused-ring (bicyclic) bond motifs is 4. The van der Waals surface area contributed by atoms with E-state index >= 15 is 0 Å². The van der Waals surface area contributed by atoms with E-state index in [9.17, 15) is 19.5 Å². The quantitative estimate of drug-likeness (QED) is 0.688. The minimum absolute atomic E-state index is 0.244. The first-order valence-electron chi connectivity index (χ1n) is 9.08. The second kappa shape index (κ2) is 5.62. The lowest BCUT2D eigenvalue weighted by Gasteiger charge is -2.31. The third-order valence-corrected chi connectivity index (χ3v) is 6.14. The molecule has 0 aromatic heterocycles. The van der Waals surface area contributed by atoms with Crippen LogP contribution >= 0.6 is 0 Å². The van der Waals surface area contributed by atoms with Gasteiger partial charge in [-0.2, -0.15) is 0 Å². The highest BCUT2D eigenvalue weighted by molar-refractivity contribution is 6.15. The topological polar surface area (TPSA) is 98.7 Å². The number of nitrogens with zero attached hydrogens (tertiary/aromatic N) is 1. The minimum atomic E-state index is -1.32. The Balaban J connectivity index is 1.90. The maximum absolute atomic E-state index is 13.3. The van der Waals surface area contributed by atoms with Crippen LogP contribution in [-0.4, -0.2) is 45.9 Å². The smallest absolute Gasteiger partial charge is 0.250 e. The summed E-state index contributed by atoms with van der Waals surface area (Å²) in [7, 11) is 0. The highest BCUT2D eigenvalue weighted by atomic mass is 16.3. The van der Waals surface area contributed by atoms with Crippen molar-refractivity contribution in [3.8, 4) is 0 Å². The number of nitrogens with one attached hydrogen (secondary N) is 2. The molecule has 1 aromatic carbocycles. The number of hydrogen-bond donors (Lipinski definition) is 3. The van der Waals surface area contributed by atoms with E-state index in [4.69, 9.17) is 0 Å². The van der Waals surface area contributed by atoms with E-state index < -0.39 is 29.5 Å². The molecule has 3 aliphatic heterocycles. The molecule has 6 atom stereocenters. The van der Waals surface area contributed by atoms with Crippen molar-refractivity contribution in [2.24, 2.45) is 11.8 Å². The fourth-order valence-electron chi connectivity index (χ4n) is 4.74. The monoisotopic (exact) mass is 357 g/mol. The summed E-state index contributed by atoms with van der Waals surface area (Å²) in [6.07, 6.45) is -0.240. The summed E-state index contributed by atoms with van der Waals surface area (Å²) in [5.74, 6) is -2.59. The molecule has 0 radical (unpaired) electrons. The van der Waals surface area contributed by atoms with Crippen molar-refractivity contribution in [2.75, 3.05) is 5.32 Å². The Morgan fingerprint density at radius 3 is 2.54 bits per heavy atom. The van der Waals surface area contributed by atoms with Gasteiger partial charge in [-0.3, -0.25) is 24.6 Å². The summed E-state index contributed by atoms with van der Waals surface area (Å²) in [6, 6.07) is 6.28. The standard InChI is InChI=1S/C19H23N3O4/c1-4-9(2)22-16(24)13-14(17(22)25)19(21-15(13)10(3)23)11-7-5-6-8-12(11)20-18(19)26/h5-10,13-15,21,23H,4H2,1-3H3,(H,20,26)/t9-,10-,13+,14+,15-,19+/m1/s1. The molecule has 4 rings (SSSR count). The number of carbonyl (C=O) groups is 3. The first kappa shape index (κ1) is 17.2. The lowest BCUT2D eigenvalue weighted by Crippen LogP contribution is -2.55. The van der Waals surface area contributed by atoms with Crippen LogP contribution in [0.1, 0.15) is 32.8 Å². The van der Waals surface area contributed by atoms with Crippen molar-refractivity contribution in [3.05, 3.63) is 29.8 Å². The summed E-state index contributed by atoms with van der Waals surface area (Å²) < 4.78 is 0. The average molecular weight is 357 g/mol. The summed E-state index contributed by atoms with van der Waals surface area (Å²) >= 11 is 0. The van der Waals surface area contributed by atoms with Gasteiger partial charge in [0.05, 0.1) is 17.9 Å². The van der Waals surface area contributed by atoms with Crippen LogP contribution in [0.4, 0.5) is 5.69 Å². The van der Waals surface area contributed by atoms with Crippen molar-refractivity contribution >= 4 is 23.4 Å². The van der Waals surface area contributed by atoms with Crippen molar-refractivity contribution in [1.29, 1.82) is 0 Å². The molecule has 0 saturated carbocycles. The zero-order valence-electron chi connectivity index (χ0n) is 15.0. The van der Waals surface area contributed by atoms with Crippen LogP contribution < -0.4 is 10.6 Å². The number of likely N-dealkylation sites (tertiary alicyclic amines) is 1. The Morgan fingerprint density at radius 2 is 1.88 bits per heavy atom. The molecule has 7 nitrogen and oxygen atoms in total. The number of aliphatic hydroxyl groups is 1. The first-order chi connectivity index (χ1) is 12.3. The van der Waals surface area contributed by atoms with Crippen LogP contribution in [-0.2, 0) is 19.9 Å². The van der Waals surface area contributed by atoms with Crippen LogP contribution in [0.15, 0.2) is 24.3 Å². The number of benzene rings is 1. The van der Waals surface area contributed by atoms with Gasteiger partial charge in [0.1, 0.15) is 5.54 Å². The molecule has 138 valence electrons. The van der Waals surface area contributed by atoms with Crippen molar-refractivity contribution in [1.82, 2.24) is 10.2 Å². The van der Waals surface area contributed by atoms with Gasteiger partial charge >= 0.3 is 0 Å². The van der Waals surface area contributed by atoms with E-state index in [1.54, 1.807) is 25.1 Å². The Bertz CT molecular complexity index is 808. The van der Waals surface area contributed by atoms with E-state index in [2.05, 4.69) is 10.6 Å². The number of aliphatic hydroxyl groups excluding tert-OH is 1. The number of anilines is 1. The van der Waals surface area contributed by atoms with Gasteiger partial charge in [0.15, 0.2) is 0 Å². The molecule has 0 aliphatic carbocycles. The van der Waals surface area contributed by atoms with Crippen molar-refractivity contribution in [2.45, 2.75) is 50.9 Å². The highest BCUT2D eigenvalue weighted by Gasteiger charge is 2.71. The molecule has 3 amide bonds. The average Bonchev–Trinajstić information content (AvgIpc) is 3.20. The number of para-hydroxylation sites is 1. The van der Waals surface area contributed by atoms with Gasteiger partial charge in [0.25, 0.3) is 0 Å². The molecule has 1 aromatic rings. The Hall–Kier alpha value is -2.25. The van der Waals surface area contributed by atoms with Crippen LogP contribution in [0, 0.1) is 11.8 Å². The van der Waals surface area contributed by atoms with Crippen LogP contribution in [0.2, 0.25) is 0 Å². The Morgan fingerprint density at radius 1 is 1.19 bits per heavy atom. The number of amides is 3. The third-order valence-electron chi connectivity index (χ3n) is 6.14. The largest absolute Gasteiger partial charge is 0.392 e. The van der Waals surface area contributed by atoms with E-state index in [1.807, 2.05) is 19.9 Å². The van der Waals surface area contributed by atoms with Gasteiger partial charge in [-0.1, -0.05) is 25.1 Å². The van der Waals surface area contributed by atoms with Crippen molar-refractivity contribution < 1.29 is 19.5 Å². The Kier molecular flexibility index (Phi) is 3.71. The molecule has 26 heavy (non-hydrogen) atoms. The van der Waals surface area contributed by atoms with Gasteiger partial charge in [-0.25, -0.2) is 0 Å². The fourth-order valence-corrected chi connectivity index (χ4v) is 4.74. The van der Waals surface area contributed by atoms with E-state index in [1.165, 1.54) is 4.90 Å². The van der Waals surface area contributed by atoms with Gasteiger partial charge in [-0.15, -0.1) is 0 Å². The summed E-state index contributed by atoms with van der Waals surface area (Å²) in [5, 5.41) is 16.3. The first-order valence-corrected chi connectivity index (χ1v) is 9.08. The fraction of sp³-hybridized carbons (Fsp3) is 0.526. The normalized spacial score (nSPS) is 34.8. The van der Waals surface area contributed by atoms with Gasteiger partial charge < -0.3 is 10.4 Å². The van der Waals surface area contributed by atoms with E-state index in [0.29, 0.717) is 17.7 Å². The molecule has 0 unspecified atom stereocenters. The molecule has 0 bridgehead atoms. The highest BCUT2D eigenvalue weighted by Crippen LogP contribution is 2.53. The van der Waals surface area contributed by atoms with Crippen LogP contribution in [0.3, 0.4) is 0 Å². The second-order valence-corrected chi connectivity index (χ2v) is 7.53. The zero-order valence-corrected chi connectivity index (χ0v) is 15.0. The molecule has 3 heterocycles. The van der Waals surface area contributed by atoms with E-state index in [-0.39, 0.29) is 23.8 Å². The summed E-state index contributed by atoms with van der Waals surface area (Å²) in [5.41, 5.74) is -0.0229. The zero-order chi connectivity index (χ0) is 18.8. The number of imide groups is 1. The predicted octanol–water partition coefficient (Wildman–Crippen LogP) is 0.586. The molecule has 3 N–H and O–H groups in total. The van der Waals surface area contributed by atoms with E-state index in [0.717, 1.165) is 0 Å². The molecule has 3 aliphatic rings. The SMILES string of the molecule is CC[C@@H](C)N1C(=O)[C@@H]2[C@@H]([C@@H](C)O)N[C@]3(C(=O)Nc4ccccc43)[C@@H]2C1=O. The summed E-state index contributed by atoms with van der Waals surface area (Å²) in [6.45, 7) is 5.32. The molecule has 2 fully saturated rings. The molecule has 7 heteroatoms. The summed E-state index contributed by atoms with van der Waals surface area (Å²) in [4.78, 5) is 40.7. The molecular weight excluding hydrogens is 334 g/mol. The maximum Gasteiger partial charge on any atom is 0.250 e. The Labute approximate surface area is 151 Å². The number of carbonyl (C=O) groups excluding carboxylic acids is 3. The number of hydrogen-bond acceptors (Lipinski definition) is 5. The molecule has 2 saturated heterocycles. The van der Waals surface area contributed by atoms with Gasteiger partial charge in [0.2, 0.25) is 17.7 Å². The van der Waals surface area contributed by atoms with Crippen LogP contribution in [0.25, 0.3) is 0 Å². The second-order valence-electron chi connectivity index (χ2n) is 7.53. The third kappa shape index (κ3) is 1.92. The van der Waals surface area contributed by atoms with Gasteiger partial charge in [-0.05, 0) is 26.3 Å². The molecular formula is C19H23N3O4. The van der Waals surface area contributed by atoms with Crippen molar-refractivity contribution in [3.63, 3.8) is 0 Å². The van der Waals surface area contributed by atoms with Gasteiger partial charge in [0, 0.05) is 23.3 Å². The predicted molar refractivity (Wildman–Crippen MR) is 93.9 cm³/mol. The minimum Gasteiger partial charge on any atom is -0.392 e. The molecule has 1 spiro atoms. The number of rotatable bonds is 3. The lowest BCUT2D eigenvalue weighted by atomic mass is 9.76. The van der Waals surface area contributed by atoms with Crippen LogP contribution in [0.5, 0.6) is 0 Å². The lowest BCUT2D eigenvalue weighted by molar-refractivity contribution is -0.145.